The summed E-state index contributed by atoms with van der Waals surface area (Å²) in [6, 6.07) is 14.0. The van der Waals surface area contributed by atoms with Crippen molar-refractivity contribution in [2.45, 2.75) is 25.3 Å². The SMILES string of the molecule is O=C(c1cn(Cc2ccc(F)cc2)nn1)N1CCC[C@@H](c2ccc(Cl)cc2)C1. The maximum Gasteiger partial charge on any atom is 0.276 e. The van der Waals surface area contributed by atoms with Gasteiger partial charge in [0.05, 0.1) is 12.7 Å². The zero-order valence-corrected chi connectivity index (χ0v) is 16.0. The number of likely N-dealkylation sites (tertiary alicyclic amines) is 1. The number of halogens is 2. The van der Waals surface area contributed by atoms with Crippen molar-refractivity contribution in [2.24, 2.45) is 0 Å². The molecule has 1 aliphatic heterocycles. The van der Waals surface area contributed by atoms with Crippen LogP contribution in [0.5, 0.6) is 0 Å². The Labute approximate surface area is 167 Å². The van der Waals surface area contributed by atoms with Crippen LogP contribution in [0.3, 0.4) is 0 Å². The summed E-state index contributed by atoms with van der Waals surface area (Å²) >= 11 is 5.98. The summed E-state index contributed by atoms with van der Waals surface area (Å²) in [6.07, 6.45) is 3.64. The third kappa shape index (κ3) is 4.22. The van der Waals surface area contributed by atoms with E-state index in [1.165, 1.54) is 17.7 Å². The molecule has 4 rings (SSSR count). The monoisotopic (exact) mass is 398 g/mol. The first kappa shape index (κ1) is 18.6. The van der Waals surface area contributed by atoms with E-state index in [-0.39, 0.29) is 11.7 Å². The molecule has 0 N–H and O–H groups in total. The van der Waals surface area contributed by atoms with Crippen molar-refractivity contribution in [3.63, 3.8) is 0 Å². The highest BCUT2D eigenvalue weighted by molar-refractivity contribution is 6.30. The number of hydrogen-bond donors (Lipinski definition) is 0. The van der Waals surface area contributed by atoms with Crippen LogP contribution in [0.15, 0.2) is 54.7 Å². The molecule has 28 heavy (non-hydrogen) atoms. The molecule has 3 aromatic rings. The molecule has 1 fully saturated rings. The van der Waals surface area contributed by atoms with Gasteiger partial charge in [-0.1, -0.05) is 41.1 Å². The minimum absolute atomic E-state index is 0.107. The highest BCUT2D eigenvalue weighted by Crippen LogP contribution is 2.28. The summed E-state index contributed by atoms with van der Waals surface area (Å²) < 4.78 is 14.6. The molecule has 1 amide bonds. The van der Waals surface area contributed by atoms with Crippen molar-refractivity contribution < 1.29 is 9.18 Å². The molecule has 0 aliphatic carbocycles. The second kappa shape index (κ2) is 8.10. The zero-order chi connectivity index (χ0) is 19.5. The summed E-state index contributed by atoms with van der Waals surface area (Å²) in [4.78, 5) is 14.7. The normalized spacial score (nSPS) is 16.9. The summed E-state index contributed by atoms with van der Waals surface area (Å²) in [5.41, 5.74) is 2.42. The standard InChI is InChI=1S/C21H20ClFN4O/c22-18-7-5-16(6-8-18)17-2-1-11-26(13-17)21(28)20-14-27(25-24-20)12-15-3-9-19(23)10-4-15/h3-10,14,17H,1-2,11-13H2/t17-/m1/s1. The minimum atomic E-state index is -0.279. The Balaban J connectivity index is 1.43. The van der Waals surface area contributed by atoms with E-state index in [0.717, 1.165) is 18.4 Å². The first-order chi connectivity index (χ1) is 13.6. The molecule has 1 atom stereocenters. The topological polar surface area (TPSA) is 51.0 Å². The molecular weight excluding hydrogens is 379 g/mol. The number of piperidine rings is 1. The predicted molar refractivity (Wildman–Crippen MR) is 105 cm³/mol. The molecule has 2 aromatic carbocycles. The largest absolute Gasteiger partial charge is 0.337 e. The Morgan fingerprint density at radius 3 is 2.64 bits per heavy atom. The molecule has 0 unspecified atom stereocenters. The Kier molecular flexibility index (Phi) is 5.39. The van der Waals surface area contributed by atoms with Gasteiger partial charge in [0, 0.05) is 24.0 Å². The molecule has 7 heteroatoms. The van der Waals surface area contributed by atoms with Gasteiger partial charge in [-0.25, -0.2) is 9.07 Å². The molecule has 0 radical (unpaired) electrons. The van der Waals surface area contributed by atoms with Crippen LogP contribution in [-0.2, 0) is 6.54 Å². The van der Waals surface area contributed by atoms with Crippen LogP contribution in [0.2, 0.25) is 5.02 Å². The molecule has 0 spiro atoms. The van der Waals surface area contributed by atoms with Gasteiger partial charge in [0.15, 0.2) is 5.69 Å². The van der Waals surface area contributed by atoms with Crippen molar-refractivity contribution in [1.82, 2.24) is 19.9 Å². The number of carbonyl (C=O) groups excluding carboxylic acids is 1. The summed E-state index contributed by atoms with van der Waals surface area (Å²) in [6.45, 7) is 1.81. The van der Waals surface area contributed by atoms with Gasteiger partial charge < -0.3 is 4.90 Å². The van der Waals surface area contributed by atoms with Gasteiger partial charge in [0.1, 0.15) is 5.82 Å². The molecule has 144 valence electrons. The molecular formula is C21H20ClFN4O. The lowest BCUT2D eigenvalue weighted by Crippen LogP contribution is -2.39. The Morgan fingerprint density at radius 1 is 1.14 bits per heavy atom. The Bertz CT molecular complexity index is 955. The number of nitrogens with zero attached hydrogens (tertiary/aromatic N) is 4. The fraction of sp³-hybridized carbons (Fsp3) is 0.286. The van der Waals surface area contributed by atoms with Crippen LogP contribution in [0.1, 0.15) is 40.4 Å². The van der Waals surface area contributed by atoms with Crippen molar-refractivity contribution in [3.05, 3.63) is 82.4 Å². The van der Waals surface area contributed by atoms with E-state index in [2.05, 4.69) is 10.3 Å². The maximum atomic E-state index is 13.0. The first-order valence-corrected chi connectivity index (χ1v) is 9.65. The zero-order valence-electron chi connectivity index (χ0n) is 15.3. The first-order valence-electron chi connectivity index (χ1n) is 9.28. The minimum Gasteiger partial charge on any atom is -0.337 e. The lowest BCUT2D eigenvalue weighted by atomic mass is 9.90. The fourth-order valence-electron chi connectivity index (χ4n) is 3.58. The van der Waals surface area contributed by atoms with E-state index >= 15 is 0 Å². The lowest BCUT2D eigenvalue weighted by Gasteiger charge is -2.32. The highest BCUT2D eigenvalue weighted by Gasteiger charge is 2.27. The van der Waals surface area contributed by atoms with E-state index in [1.54, 1.807) is 23.0 Å². The smallest absolute Gasteiger partial charge is 0.276 e. The van der Waals surface area contributed by atoms with E-state index in [1.807, 2.05) is 29.2 Å². The Hall–Kier alpha value is -2.73. The highest BCUT2D eigenvalue weighted by atomic mass is 35.5. The molecule has 1 aliphatic rings. The van der Waals surface area contributed by atoms with Crippen LogP contribution in [0.25, 0.3) is 0 Å². The van der Waals surface area contributed by atoms with Crippen molar-refractivity contribution in [3.8, 4) is 0 Å². The van der Waals surface area contributed by atoms with Gasteiger partial charge >= 0.3 is 0 Å². The van der Waals surface area contributed by atoms with E-state index in [0.29, 0.717) is 36.3 Å². The molecule has 1 aromatic heterocycles. The van der Waals surface area contributed by atoms with Gasteiger partial charge in [-0.3, -0.25) is 4.79 Å². The molecule has 0 saturated carbocycles. The number of carbonyl (C=O) groups is 1. The van der Waals surface area contributed by atoms with Gasteiger partial charge in [-0.2, -0.15) is 0 Å². The molecule has 1 saturated heterocycles. The number of benzene rings is 2. The van der Waals surface area contributed by atoms with Crippen LogP contribution in [0, 0.1) is 5.82 Å². The fourth-order valence-corrected chi connectivity index (χ4v) is 3.71. The van der Waals surface area contributed by atoms with Gasteiger partial charge in [0.2, 0.25) is 0 Å². The van der Waals surface area contributed by atoms with Gasteiger partial charge in [-0.15, -0.1) is 5.10 Å². The van der Waals surface area contributed by atoms with Crippen LogP contribution in [-0.4, -0.2) is 38.9 Å². The second-order valence-electron chi connectivity index (χ2n) is 7.07. The second-order valence-corrected chi connectivity index (χ2v) is 7.51. The predicted octanol–water partition coefficient (Wildman–Crippen LogP) is 4.14. The van der Waals surface area contributed by atoms with Crippen molar-refractivity contribution >= 4 is 17.5 Å². The van der Waals surface area contributed by atoms with E-state index in [9.17, 15) is 9.18 Å². The Morgan fingerprint density at radius 2 is 1.89 bits per heavy atom. The van der Waals surface area contributed by atoms with Crippen LogP contribution in [0.4, 0.5) is 4.39 Å². The third-order valence-corrected chi connectivity index (χ3v) is 5.32. The van der Waals surface area contributed by atoms with Gasteiger partial charge in [0.25, 0.3) is 5.91 Å². The lowest BCUT2D eigenvalue weighted by molar-refractivity contribution is 0.0701. The van der Waals surface area contributed by atoms with Crippen LogP contribution >= 0.6 is 11.6 Å². The average Bonchev–Trinajstić information content (AvgIpc) is 3.18. The van der Waals surface area contributed by atoms with E-state index < -0.39 is 0 Å². The molecule has 2 heterocycles. The van der Waals surface area contributed by atoms with Crippen LogP contribution < -0.4 is 0 Å². The van der Waals surface area contributed by atoms with Gasteiger partial charge in [-0.05, 0) is 48.2 Å². The number of hydrogen-bond acceptors (Lipinski definition) is 3. The number of aromatic nitrogens is 3. The summed E-state index contributed by atoms with van der Waals surface area (Å²) in [5, 5.41) is 8.81. The number of rotatable bonds is 4. The quantitative estimate of drug-likeness (QED) is 0.663. The average molecular weight is 399 g/mol. The molecule has 0 bridgehead atoms. The third-order valence-electron chi connectivity index (χ3n) is 5.07. The number of amides is 1. The van der Waals surface area contributed by atoms with Crippen molar-refractivity contribution in [1.29, 1.82) is 0 Å². The molecule has 5 nitrogen and oxygen atoms in total. The van der Waals surface area contributed by atoms with E-state index in [4.69, 9.17) is 11.6 Å². The summed E-state index contributed by atoms with van der Waals surface area (Å²) in [5.74, 6) is -0.0909. The maximum absolute atomic E-state index is 13.0. The van der Waals surface area contributed by atoms with Crippen molar-refractivity contribution in [2.75, 3.05) is 13.1 Å². The summed E-state index contributed by atoms with van der Waals surface area (Å²) in [7, 11) is 0.